The average Bonchev–Trinajstić information content (AvgIpc) is 2.30. The highest BCUT2D eigenvalue weighted by Gasteiger charge is 2.05. The van der Waals surface area contributed by atoms with Crippen molar-refractivity contribution in [1.82, 2.24) is 0 Å². The van der Waals surface area contributed by atoms with E-state index < -0.39 is 0 Å². The smallest absolute Gasteiger partial charge is 0.123 e. The number of fused-ring (bicyclic) bond motifs is 3. The molecule has 0 atom stereocenters. The van der Waals surface area contributed by atoms with E-state index in [2.05, 4.69) is 0 Å². The van der Waals surface area contributed by atoms with E-state index in [1.54, 1.807) is 24.3 Å². The number of phenols is 2. The maximum Gasteiger partial charge on any atom is 0.123 e. The van der Waals surface area contributed by atoms with Gasteiger partial charge in [-0.15, -0.1) is 0 Å². The Labute approximate surface area is 92.4 Å². The molecule has 0 aliphatic heterocycles. The molecular formula is C14H10O2. The van der Waals surface area contributed by atoms with Gasteiger partial charge in [0.25, 0.3) is 0 Å². The Kier molecular flexibility index (Phi) is 1.77. The van der Waals surface area contributed by atoms with Crippen LogP contribution in [0.25, 0.3) is 21.5 Å². The van der Waals surface area contributed by atoms with Crippen LogP contribution in [0.2, 0.25) is 0 Å². The van der Waals surface area contributed by atoms with E-state index >= 15 is 0 Å². The third-order valence-electron chi connectivity index (χ3n) is 2.87. The first-order valence-corrected chi connectivity index (χ1v) is 5.10. The number of aromatic hydroxyl groups is 2. The van der Waals surface area contributed by atoms with Crippen LogP contribution in [0.4, 0.5) is 0 Å². The molecule has 0 heterocycles. The van der Waals surface area contributed by atoms with E-state index in [1.807, 2.05) is 24.3 Å². The Morgan fingerprint density at radius 1 is 0.500 bits per heavy atom. The SMILES string of the molecule is Oc1cccc2c1ccc1c(O)cccc12. The van der Waals surface area contributed by atoms with Crippen LogP contribution in [0, 0.1) is 0 Å². The first-order chi connectivity index (χ1) is 7.77. The van der Waals surface area contributed by atoms with Crippen LogP contribution in [0.1, 0.15) is 0 Å². The van der Waals surface area contributed by atoms with Crippen LogP contribution < -0.4 is 0 Å². The van der Waals surface area contributed by atoms with Crippen molar-refractivity contribution in [2.24, 2.45) is 0 Å². The van der Waals surface area contributed by atoms with Gasteiger partial charge in [-0.2, -0.15) is 0 Å². The van der Waals surface area contributed by atoms with Crippen LogP contribution in [0.5, 0.6) is 11.5 Å². The maximum atomic E-state index is 9.74. The van der Waals surface area contributed by atoms with Crippen LogP contribution in [0.15, 0.2) is 48.5 Å². The van der Waals surface area contributed by atoms with E-state index in [9.17, 15) is 10.2 Å². The number of hydrogen-bond acceptors (Lipinski definition) is 2. The largest absolute Gasteiger partial charge is 0.507 e. The fraction of sp³-hybridized carbons (Fsp3) is 0. The van der Waals surface area contributed by atoms with Gasteiger partial charge in [-0.25, -0.2) is 0 Å². The number of rotatable bonds is 0. The summed E-state index contributed by atoms with van der Waals surface area (Å²) in [6, 6.07) is 14.5. The fourth-order valence-electron chi connectivity index (χ4n) is 2.09. The second kappa shape index (κ2) is 3.14. The van der Waals surface area contributed by atoms with Crippen molar-refractivity contribution < 1.29 is 10.2 Å². The zero-order valence-corrected chi connectivity index (χ0v) is 8.51. The van der Waals surface area contributed by atoms with E-state index in [0.29, 0.717) is 0 Å². The molecule has 0 radical (unpaired) electrons. The molecule has 0 spiro atoms. The summed E-state index contributed by atoms with van der Waals surface area (Å²) in [6.45, 7) is 0. The van der Waals surface area contributed by atoms with E-state index in [0.717, 1.165) is 21.5 Å². The molecule has 16 heavy (non-hydrogen) atoms. The van der Waals surface area contributed by atoms with Crippen LogP contribution in [-0.4, -0.2) is 10.2 Å². The highest BCUT2D eigenvalue weighted by atomic mass is 16.3. The number of hydrogen-bond donors (Lipinski definition) is 2. The minimum atomic E-state index is 0.266. The Balaban J connectivity index is 2.60. The number of phenolic OH excluding ortho intramolecular Hbond substituents is 2. The summed E-state index contributed by atoms with van der Waals surface area (Å²) in [4.78, 5) is 0. The summed E-state index contributed by atoms with van der Waals surface area (Å²) in [5.41, 5.74) is 0. The second-order valence-electron chi connectivity index (χ2n) is 3.81. The number of benzene rings is 3. The predicted molar refractivity (Wildman–Crippen MR) is 64.8 cm³/mol. The van der Waals surface area contributed by atoms with Crippen LogP contribution in [0.3, 0.4) is 0 Å². The maximum absolute atomic E-state index is 9.74. The fourth-order valence-corrected chi connectivity index (χ4v) is 2.09. The quantitative estimate of drug-likeness (QED) is 0.558. The molecule has 0 aliphatic carbocycles. The van der Waals surface area contributed by atoms with Gasteiger partial charge in [0, 0.05) is 10.8 Å². The molecule has 0 aliphatic rings. The molecule has 0 bridgehead atoms. The van der Waals surface area contributed by atoms with Crippen LogP contribution in [-0.2, 0) is 0 Å². The predicted octanol–water partition coefficient (Wildman–Crippen LogP) is 3.40. The molecule has 2 heteroatoms. The van der Waals surface area contributed by atoms with Gasteiger partial charge < -0.3 is 10.2 Å². The Morgan fingerprint density at radius 2 is 0.938 bits per heavy atom. The van der Waals surface area contributed by atoms with Gasteiger partial charge in [0.2, 0.25) is 0 Å². The molecule has 0 aromatic heterocycles. The van der Waals surface area contributed by atoms with Gasteiger partial charge in [-0.05, 0) is 35.0 Å². The van der Waals surface area contributed by atoms with E-state index in [4.69, 9.17) is 0 Å². The molecule has 3 aromatic carbocycles. The summed E-state index contributed by atoms with van der Waals surface area (Å²) < 4.78 is 0. The molecule has 0 saturated heterocycles. The second-order valence-corrected chi connectivity index (χ2v) is 3.81. The molecule has 3 aromatic rings. The first-order valence-electron chi connectivity index (χ1n) is 5.10. The standard InChI is InChI=1S/C14H10O2/c15-13-5-1-3-9-10-4-2-6-14(16)12(10)8-7-11(9)13/h1-8,15-16H. The van der Waals surface area contributed by atoms with Gasteiger partial charge >= 0.3 is 0 Å². The molecule has 0 saturated carbocycles. The third-order valence-corrected chi connectivity index (χ3v) is 2.87. The monoisotopic (exact) mass is 210 g/mol. The van der Waals surface area contributed by atoms with E-state index in [-0.39, 0.29) is 11.5 Å². The molecule has 0 amide bonds. The topological polar surface area (TPSA) is 40.5 Å². The molecule has 2 N–H and O–H groups in total. The lowest BCUT2D eigenvalue weighted by Gasteiger charge is -2.06. The van der Waals surface area contributed by atoms with Crippen molar-refractivity contribution in [3.05, 3.63) is 48.5 Å². The van der Waals surface area contributed by atoms with Crippen molar-refractivity contribution in [3.8, 4) is 11.5 Å². The summed E-state index contributed by atoms with van der Waals surface area (Å²) in [5.74, 6) is 0.533. The minimum absolute atomic E-state index is 0.266. The summed E-state index contributed by atoms with van der Waals surface area (Å²) in [6.07, 6.45) is 0. The summed E-state index contributed by atoms with van der Waals surface area (Å²) in [5, 5.41) is 23.0. The summed E-state index contributed by atoms with van der Waals surface area (Å²) in [7, 11) is 0. The third kappa shape index (κ3) is 1.13. The molecule has 2 nitrogen and oxygen atoms in total. The van der Waals surface area contributed by atoms with Crippen molar-refractivity contribution in [2.75, 3.05) is 0 Å². The Morgan fingerprint density at radius 3 is 1.38 bits per heavy atom. The molecular weight excluding hydrogens is 200 g/mol. The molecule has 78 valence electrons. The molecule has 0 fully saturated rings. The zero-order valence-electron chi connectivity index (χ0n) is 8.51. The van der Waals surface area contributed by atoms with Crippen molar-refractivity contribution in [1.29, 1.82) is 0 Å². The normalized spacial score (nSPS) is 11.0. The summed E-state index contributed by atoms with van der Waals surface area (Å²) >= 11 is 0. The Hall–Kier alpha value is -2.22. The highest BCUT2D eigenvalue weighted by molar-refractivity contribution is 6.10. The zero-order chi connectivity index (χ0) is 11.1. The lowest BCUT2D eigenvalue weighted by atomic mass is 10.0. The first kappa shape index (κ1) is 9.04. The van der Waals surface area contributed by atoms with Crippen molar-refractivity contribution in [3.63, 3.8) is 0 Å². The van der Waals surface area contributed by atoms with E-state index in [1.165, 1.54) is 0 Å². The van der Waals surface area contributed by atoms with Gasteiger partial charge in [0.1, 0.15) is 11.5 Å². The average molecular weight is 210 g/mol. The highest BCUT2D eigenvalue weighted by Crippen LogP contribution is 2.34. The lowest BCUT2D eigenvalue weighted by molar-refractivity contribution is 0.480. The van der Waals surface area contributed by atoms with Crippen molar-refractivity contribution in [2.45, 2.75) is 0 Å². The molecule has 0 unspecified atom stereocenters. The van der Waals surface area contributed by atoms with Gasteiger partial charge in [0.15, 0.2) is 0 Å². The van der Waals surface area contributed by atoms with Gasteiger partial charge in [-0.3, -0.25) is 0 Å². The van der Waals surface area contributed by atoms with Gasteiger partial charge in [0.05, 0.1) is 0 Å². The Bertz CT molecular complexity index is 626. The molecule has 3 rings (SSSR count). The van der Waals surface area contributed by atoms with Crippen molar-refractivity contribution >= 4 is 21.5 Å². The lowest BCUT2D eigenvalue weighted by Crippen LogP contribution is -1.78. The minimum Gasteiger partial charge on any atom is -0.507 e. The van der Waals surface area contributed by atoms with Crippen LogP contribution >= 0.6 is 0 Å². The van der Waals surface area contributed by atoms with Gasteiger partial charge in [-0.1, -0.05) is 24.3 Å².